The third-order valence-electron chi connectivity index (χ3n) is 2.47. The Hall–Kier alpha value is -1.07. The number of nitrogens with zero attached hydrogens (tertiary/aromatic N) is 2. The number of imidazole rings is 1. The first-order valence-electron chi connectivity index (χ1n) is 5.72. The summed E-state index contributed by atoms with van der Waals surface area (Å²) in [4.78, 5) is 11.8. The van der Waals surface area contributed by atoms with Crippen LogP contribution in [-0.2, 0) is 6.54 Å². The molecule has 0 aromatic carbocycles. The van der Waals surface area contributed by atoms with E-state index in [1.165, 1.54) is 0 Å². The topological polar surface area (TPSA) is 59.2 Å². The molecule has 0 aliphatic rings. The zero-order valence-electron chi connectivity index (χ0n) is 10.2. The number of rotatable bonds is 6. The zero-order chi connectivity index (χ0) is 12.1. The van der Waals surface area contributed by atoms with Gasteiger partial charge in [-0.25, -0.2) is 4.79 Å². The predicted molar refractivity (Wildman–Crippen MR) is 63.6 cm³/mol. The molecular formula is C11H21N3O2. The van der Waals surface area contributed by atoms with Crippen molar-refractivity contribution in [2.45, 2.75) is 39.5 Å². The van der Waals surface area contributed by atoms with Gasteiger partial charge in [-0.05, 0) is 20.4 Å². The Morgan fingerprint density at radius 2 is 2.12 bits per heavy atom. The van der Waals surface area contributed by atoms with Gasteiger partial charge < -0.3 is 10.4 Å². The van der Waals surface area contributed by atoms with E-state index in [1.54, 1.807) is 21.5 Å². The molecule has 1 atom stereocenters. The van der Waals surface area contributed by atoms with Crippen LogP contribution in [0.3, 0.4) is 0 Å². The minimum Gasteiger partial charge on any atom is -0.390 e. The number of aliphatic hydroxyl groups excluding tert-OH is 1. The fourth-order valence-electron chi connectivity index (χ4n) is 1.56. The highest BCUT2D eigenvalue weighted by molar-refractivity contribution is 4.84. The maximum Gasteiger partial charge on any atom is 0.328 e. The Kier molecular flexibility index (Phi) is 4.76. The number of aliphatic hydroxyl groups is 1. The summed E-state index contributed by atoms with van der Waals surface area (Å²) in [7, 11) is 0. The summed E-state index contributed by atoms with van der Waals surface area (Å²) in [5, 5.41) is 12.7. The van der Waals surface area contributed by atoms with E-state index in [2.05, 4.69) is 5.32 Å². The Morgan fingerprint density at radius 1 is 1.44 bits per heavy atom. The van der Waals surface area contributed by atoms with Gasteiger partial charge in [-0.1, -0.05) is 6.92 Å². The molecule has 0 radical (unpaired) electrons. The van der Waals surface area contributed by atoms with Crippen LogP contribution in [-0.4, -0.2) is 33.4 Å². The van der Waals surface area contributed by atoms with E-state index in [0.29, 0.717) is 13.1 Å². The molecule has 92 valence electrons. The molecule has 1 aromatic heterocycles. The van der Waals surface area contributed by atoms with Crippen molar-refractivity contribution >= 4 is 0 Å². The Labute approximate surface area is 95.7 Å². The lowest BCUT2D eigenvalue weighted by Gasteiger charge is -2.11. The van der Waals surface area contributed by atoms with E-state index >= 15 is 0 Å². The molecule has 5 nitrogen and oxygen atoms in total. The normalized spacial score (nSPS) is 13.3. The standard InChI is InChI=1S/C11H21N3O2/c1-4-12-7-10(15)8-13-5-6-14(9(2)3)11(13)16/h5-6,9-10,12,15H,4,7-8H2,1-3H3. The van der Waals surface area contributed by atoms with Crippen molar-refractivity contribution in [2.75, 3.05) is 13.1 Å². The number of nitrogens with one attached hydrogen (secondary N) is 1. The molecule has 1 rings (SSSR count). The third kappa shape index (κ3) is 3.21. The van der Waals surface area contributed by atoms with Crippen molar-refractivity contribution in [1.82, 2.24) is 14.5 Å². The maximum absolute atomic E-state index is 11.8. The fourth-order valence-corrected chi connectivity index (χ4v) is 1.56. The van der Waals surface area contributed by atoms with E-state index in [9.17, 15) is 9.90 Å². The van der Waals surface area contributed by atoms with Gasteiger partial charge >= 0.3 is 5.69 Å². The average molecular weight is 227 g/mol. The quantitative estimate of drug-likeness (QED) is 0.730. The predicted octanol–water partition coefficient (Wildman–Crippen LogP) is 0.201. The van der Waals surface area contributed by atoms with Gasteiger partial charge in [0, 0.05) is 25.0 Å². The van der Waals surface area contributed by atoms with Gasteiger partial charge in [-0.2, -0.15) is 0 Å². The fraction of sp³-hybridized carbons (Fsp3) is 0.727. The highest BCUT2D eigenvalue weighted by atomic mass is 16.3. The first-order valence-corrected chi connectivity index (χ1v) is 5.72. The molecule has 0 saturated heterocycles. The molecule has 1 unspecified atom stereocenters. The SMILES string of the molecule is CCNCC(O)Cn1ccn(C(C)C)c1=O. The summed E-state index contributed by atoms with van der Waals surface area (Å²) in [5.74, 6) is 0. The van der Waals surface area contributed by atoms with E-state index in [0.717, 1.165) is 6.54 Å². The lowest BCUT2D eigenvalue weighted by molar-refractivity contribution is 0.150. The maximum atomic E-state index is 11.8. The third-order valence-corrected chi connectivity index (χ3v) is 2.47. The second-order valence-electron chi connectivity index (χ2n) is 4.20. The van der Waals surface area contributed by atoms with Crippen molar-refractivity contribution < 1.29 is 5.11 Å². The molecule has 1 heterocycles. The second kappa shape index (κ2) is 5.86. The number of hydrogen-bond donors (Lipinski definition) is 2. The monoisotopic (exact) mass is 227 g/mol. The summed E-state index contributed by atoms with van der Waals surface area (Å²) < 4.78 is 3.20. The minimum atomic E-state index is -0.527. The second-order valence-corrected chi connectivity index (χ2v) is 4.20. The summed E-state index contributed by atoms with van der Waals surface area (Å²) in [6.07, 6.45) is 2.95. The van der Waals surface area contributed by atoms with Gasteiger partial charge in [0.2, 0.25) is 0 Å². The van der Waals surface area contributed by atoms with E-state index in [-0.39, 0.29) is 11.7 Å². The molecule has 1 aromatic rings. The Balaban J connectivity index is 2.64. The summed E-state index contributed by atoms with van der Waals surface area (Å²) in [6, 6.07) is 0.152. The minimum absolute atomic E-state index is 0.0643. The van der Waals surface area contributed by atoms with Crippen LogP contribution in [0.5, 0.6) is 0 Å². The average Bonchev–Trinajstić information content (AvgIpc) is 2.57. The van der Waals surface area contributed by atoms with Crippen molar-refractivity contribution in [3.63, 3.8) is 0 Å². The van der Waals surface area contributed by atoms with Gasteiger partial charge in [0.05, 0.1) is 12.6 Å². The van der Waals surface area contributed by atoms with Crippen molar-refractivity contribution in [1.29, 1.82) is 0 Å². The van der Waals surface area contributed by atoms with Crippen LogP contribution in [0.2, 0.25) is 0 Å². The van der Waals surface area contributed by atoms with Crippen LogP contribution < -0.4 is 11.0 Å². The molecule has 0 fully saturated rings. The van der Waals surface area contributed by atoms with Crippen LogP contribution in [0.15, 0.2) is 17.2 Å². The molecule has 16 heavy (non-hydrogen) atoms. The molecule has 0 saturated carbocycles. The molecular weight excluding hydrogens is 206 g/mol. The van der Waals surface area contributed by atoms with Crippen molar-refractivity contribution in [3.8, 4) is 0 Å². The van der Waals surface area contributed by atoms with Crippen molar-refractivity contribution in [2.24, 2.45) is 0 Å². The molecule has 0 aliphatic carbocycles. The van der Waals surface area contributed by atoms with Gasteiger partial charge in [0.15, 0.2) is 0 Å². The van der Waals surface area contributed by atoms with Crippen LogP contribution in [0.25, 0.3) is 0 Å². The Morgan fingerprint density at radius 3 is 2.62 bits per heavy atom. The van der Waals surface area contributed by atoms with Crippen molar-refractivity contribution in [3.05, 3.63) is 22.9 Å². The van der Waals surface area contributed by atoms with Gasteiger partial charge in [-0.3, -0.25) is 9.13 Å². The van der Waals surface area contributed by atoms with Crippen LogP contribution >= 0.6 is 0 Å². The zero-order valence-corrected chi connectivity index (χ0v) is 10.2. The largest absolute Gasteiger partial charge is 0.390 e. The van der Waals surface area contributed by atoms with Gasteiger partial charge in [0.1, 0.15) is 0 Å². The smallest absolute Gasteiger partial charge is 0.328 e. The Bertz CT molecular complexity index is 368. The number of likely N-dealkylation sites (N-methyl/N-ethyl adjacent to an activating group) is 1. The summed E-state index contributed by atoms with van der Waals surface area (Å²) >= 11 is 0. The van der Waals surface area contributed by atoms with E-state index in [4.69, 9.17) is 0 Å². The van der Waals surface area contributed by atoms with E-state index in [1.807, 2.05) is 20.8 Å². The highest BCUT2D eigenvalue weighted by Gasteiger charge is 2.09. The molecule has 2 N–H and O–H groups in total. The molecule has 5 heteroatoms. The molecule has 0 amide bonds. The summed E-state index contributed by atoms with van der Waals surface area (Å²) in [5.41, 5.74) is -0.0643. The lowest BCUT2D eigenvalue weighted by Crippen LogP contribution is -2.34. The van der Waals surface area contributed by atoms with Crippen LogP contribution in [0, 0.1) is 0 Å². The molecule has 0 bridgehead atoms. The summed E-state index contributed by atoms with van der Waals surface area (Å²) in [6.45, 7) is 7.57. The number of hydrogen-bond acceptors (Lipinski definition) is 3. The van der Waals surface area contributed by atoms with Crippen LogP contribution in [0.4, 0.5) is 0 Å². The number of aromatic nitrogens is 2. The lowest BCUT2D eigenvalue weighted by atomic mass is 10.3. The van der Waals surface area contributed by atoms with Gasteiger partial charge in [0.25, 0.3) is 0 Å². The first-order chi connectivity index (χ1) is 7.56. The highest BCUT2D eigenvalue weighted by Crippen LogP contribution is 1.99. The first kappa shape index (κ1) is 13.0. The van der Waals surface area contributed by atoms with Crippen LogP contribution in [0.1, 0.15) is 26.8 Å². The molecule has 0 spiro atoms. The van der Waals surface area contributed by atoms with Gasteiger partial charge in [-0.15, -0.1) is 0 Å². The van der Waals surface area contributed by atoms with E-state index < -0.39 is 6.10 Å². The molecule has 0 aliphatic heterocycles.